The first kappa shape index (κ1) is 17.5. The zero-order chi connectivity index (χ0) is 18.8. The monoisotopic (exact) mass is 357 g/mol. The number of nitriles is 1. The van der Waals surface area contributed by atoms with Gasteiger partial charge in [-0.3, -0.25) is 9.69 Å². The predicted molar refractivity (Wildman–Crippen MR) is 107 cm³/mol. The number of fused-ring (bicyclic) bond motifs is 1. The molecule has 0 radical (unpaired) electrons. The minimum Gasteiger partial charge on any atom is -0.321 e. The van der Waals surface area contributed by atoms with Crippen LogP contribution in [0.2, 0.25) is 0 Å². The number of nitrogens with one attached hydrogen (secondary N) is 1. The molecule has 136 valence electrons. The Morgan fingerprint density at radius 3 is 2.59 bits per heavy atom. The first-order valence-corrected chi connectivity index (χ1v) is 9.51. The van der Waals surface area contributed by atoms with Crippen LogP contribution in [0.25, 0.3) is 5.57 Å². The van der Waals surface area contributed by atoms with Crippen molar-refractivity contribution in [2.45, 2.75) is 32.2 Å². The predicted octanol–water partition coefficient (Wildman–Crippen LogP) is 4.29. The summed E-state index contributed by atoms with van der Waals surface area (Å²) >= 11 is 0. The summed E-state index contributed by atoms with van der Waals surface area (Å²) in [5.74, 6) is 0.543. The van der Waals surface area contributed by atoms with Crippen molar-refractivity contribution in [1.29, 1.82) is 5.26 Å². The molecule has 0 unspecified atom stereocenters. The van der Waals surface area contributed by atoms with E-state index in [4.69, 9.17) is 5.26 Å². The lowest BCUT2D eigenvalue weighted by atomic mass is 9.88. The van der Waals surface area contributed by atoms with Gasteiger partial charge >= 0.3 is 0 Å². The molecule has 2 aliphatic rings. The average Bonchev–Trinajstić information content (AvgIpc) is 3.03. The van der Waals surface area contributed by atoms with E-state index >= 15 is 0 Å². The van der Waals surface area contributed by atoms with Crippen LogP contribution in [0.15, 0.2) is 48.5 Å². The van der Waals surface area contributed by atoms with Crippen molar-refractivity contribution in [3.05, 3.63) is 70.8 Å². The summed E-state index contributed by atoms with van der Waals surface area (Å²) in [7, 11) is 0. The van der Waals surface area contributed by atoms with Crippen LogP contribution < -0.4 is 5.32 Å². The van der Waals surface area contributed by atoms with E-state index in [0.717, 1.165) is 49.3 Å². The molecular formula is C23H23N3O. The molecular weight excluding hydrogens is 334 g/mol. The highest BCUT2D eigenvalue weighted by atomic mass is 16.2. The van der Waals surface area contributed by atoms with Gasteiger partial charge in [-0.05, 0) is 68.1 Å². The number of nitrogens with zero attached hydrogens (tertiary/aromatic N) is 2. The molecule has 0 aromatic heterocycles. The Bertz CT molecular complexity index is 929. The Hall–Kier alpha value is -2.90. The topological polar surface area (TPSA) is 56.1 Å². The van der Waals surface area contributed by atoms with Gasteiger partial charge in [-0.15, -0.1) is 0 Å². The van der Waals surface area contributed by atoms with Crippen molar-refractivity contribution in [3.8, 4) is 6.07 Å². The quantitative estimate of drug-likeness (QED) is 0.834. The second kappa shape index (κ2) is 7.38. The van der Waals surface area contributed by atoms with E-state index in [1.165, 1.54) is 11.1 Å². The van der Waals surface area contributed by atoms with Gasteiger partial charge < -0.3 is 5.32 Å². The Morgan fingerprint density at radius 2 is 1.93 bits per heavy atom. The largest absolute Gasteiger partial charge is 0.321 e. The van der Waals surface area contributed by atoms with Gasteiger partial charge in [0.1, 0.15) is 0 Å². The molecule has 4 nitrogen and oxygen atoms in total. The fourth-order valence-corrected chi connectivity index (χ4v) is 4.12. The molecule has 1 saturated heterocycles. The van der Waals surface area contributed by atoms with Gasteiger partial charge in [-0.1, -0.05) is 30.3 Å². The van der Waals surface area contributed by atoms with E-state index in [9.17, 15) is 4.79 Å². The van der Waals surface area contributed by atoms with Crippen molar-refractivity contribution in [3.63, 3.8) is 0 Å². The standard InChI is InChI=1S/C23H23N3O/c1-2-20-21-8-7-19(13-22(21)25-23(20)27)18-9-11-26(12-10-18)15-17-5-3-16(14-24)4-6-17/h2-8,13,18H,9-12,15H2,1H3,(H,25,27). The maximum atomic E-state index is 12.0. The van der Waals surface area contributed by atoms with Gasteiger partial charge in [-0.25, -0.2) is 0 Å². The molecule has 0 atom stereocenters. The Balaban J connectivity index is 1.39. The van der Waals surface area contributed by atoms with Gasteiger partial charge in [0.25, 0.3) is 5.91 Å². The summed E-state index contributed by atoms with van der Waals surface area (Å²) < 4.78 is 0. The SMILES string of the molecule is CC=C1C(=O)Nc2cc(C3CCN(Cc4ccc(C#N)cc4)CC3)ccc21. The number of hydrogen-bond acceptors (Lipinski definition) is 3. The summed E-state index contributed by atoms with van der Waals surface area (Å²) in [6.45, 7) is 4.97. The molecule has 2 aromatic rings. The third kappa shape index (κ3) is 3.51. The number of carbonyl (C=O) groups excluding carboxylic acids is 1. The number of anilines is 1. The average molecular weight is 357 g/mol. The fourth-order valence-electron chi connectivity index (χ4n) is 4.12. The van der Waals surface area contributed by atoms with Crippen molar-refractivity contribution in [2.75, 3.05) is 18.4 Å². The fraction of sp³-hybridized carbons (Fsp3) is 0.304. The van der Waals surface area contributed by atoms with Gasteiger partial charge in [0, 0.05) is 23.4 Å². The van der Waals surface area contributed by atoms with E-state index in [-0.39, 0.29) is 5.91 Å². The molecule has 0 bridgehead atoms. The number of amides is 1. The Morgan fingerprint density at radius 1 is 1.19 bits per heavy atom. The van der Waals surface area contributed by atoms with Crippen molar-refractivity contribution in [2.24, 2.45) is 0 Å². The lowest BCUT2D eigenvalue weighted by molar-refractivity contribution is -0.110. The molecule has 0 saturated carbocycles. The third-order valence-corrected chi connectivity index (χ3v) is 5.66. The van der Waals surface area contributed by atoms with Crippen LogP contribution in [-0.4, -0.2) is 23.9 Å². The van der Waals surface area contributed by atoms with Crippen LogP contribution in [0.5, 0.6) is 0 Å². The van der Waals surface area contributed by atoms with Crippen LogP contribution in [0.4, 0.5) is 5.69 Å². The molecule has 4 rings (SSSR count). The van der Waals surface area contributed by atoms with E-state index in [0.29, 0.717) is 11.5 Å². The van der Waals surface area contributed by atoms with Gasteiger partial charge in [-0.2, -0.15) is 5.26 Å². The number of likely N-dealkylation sites (tertiary alicyclic amines) is 1. The zero-order valence-electron chi connectivity index (χ0n) is 15.5. The smallest absolute Gasteiger partial charge is 0.256 e. The summed E-state index contributed by atoms with van der Waals surface area (Å²) in [5.41, 5.74) is 6.03. The molecule has 2 aromatic carbocycles. The normalized spacial score (nSPS) is 19.0. The molecule has 2 heterocycles. The van der Waals surface area contributed by atoms with Crippen LogP contribution in [0, 0.1) is 11.3 Å². The molecule has 1 N–H and O–H groups in total. The third-order valence-electron chi connectivity index (χ3n) is 5.66. The first-order valence-electron chi connectivity index (χ1n) is 9.51. The number of hydrogen-bond donors (Lipinski definition) is 1. The highest BCUT2D eigenvalue weighted by Gasteiger charge is 2.26. The molecule has 2 aliphatic heterocycles. The molecule has 4 heteroatoms. The van der Waals surface area contributed by atoms with Crippen LogP contribution in [0.3, 0.4) is 0 Å². The van der Waals surface area contributed by atoms with Crippen LogP contribution >= 0.6 is 0 Å². The highest BCUT2D eigenvalue weighted by molar-refractivity contribution is 6.31. The Labute approximate surface area is 160 Å². The second-order valence-electron chi connectivity index (χ2n) is 7.32. The molecule has 1 fully saturated rings. The molecule has 0 aliphatic carbocycles. The summed E-state index contributed by atoms with van der Waals surface area (Å²) in [6, 6.07) is 16.5. The lowest BCUT2D eigenvalue weighted by Crippen LogP contribution is -2.32. The van der Waals surface area contributed by atoms with E-state index < -0.39 is 0 Å². The number of carbonyl (C=O) groups is 1. The summed E-state index contributed by atoms with van der Waals surface area (Å²) in [5, 5.41) is 11.9. The van der Waals surface area contributed by atoms with Crippen molar-refractivity contribution < 1.29 is 4.79 Å². The molecule has 27 heavy (non-hydrogen) atoms. The van der Waals surface area contributed by atoms with Gasteiger partial charge in [0.2, 0.25) is 0 Å². The number of benzene rings is 2. The maximum Gasteiger partial charge on any atom is 0.256 e. The van der Waals surface area contributed by atoms with Gasteiger partial charge in [0.05, 0.1) is 11.6 Å². The van der Waals surface area contributed by atoms with Crippen LogP contribution in [-0.2, 0) is 11.3 Å². The molecule has 0 spiro atoms. The minimum atomic E-state index is 0.00175. The molecule has 1 amide bonds. The lowest BCUT2D eigenvalue weighted by Gasteiger charge is -2.32. The highest BCUT2D eigenvalue weighted by Crippen LogP contribution is 2.36. The summed E-state index contributed by atoms with van der Waals surface area (Å²) in [4.78, 5) is 14.5. The Kier molecular flexibility index (Phi) is 4.79. The maximum absolute atomic E-state index is 12.0. The van der Waals surface area contributed by atoms with E-state index in [1.54, 1.807) is 0 Å². The van der Waals surface area contributed by atoms with Crippen molar-refractivity contribution in [1.82, 2.24) is 4.90 Å². The van der Waals surface area contributed by atoms with Gasteiger partial charge in [0.15, 0.2) is 0 Å². The zero-order valence-corrected chi connectivity index (χ0v) is 15.5. The van der Waals surface area contributed by atoms with E-state index in [2.05, 4.69) is 34.5 Å². The summed E-state index contributed by atoms with van der Waals surface area (Å²) in [6.07, 6.45) is 4.13. The van der Waals surface area contributed by atoms with Crippen LogP contribution in [0.1, 0.15) is 47.9 Å². The number of piperidine rings is 1. The number of rotatable bonds is 3. The number of allylic oxidation sites excluding steroid dienone is 1. The minimum absolute atomic E-state index is 0.00175. The first-order chi connectivity index (χ1) is 13.2. The van der Waals surface area contributed by atoms with E-state index in [1.807, 2.05) is 37.3 Å². The van der Waals surface area contributed by atoms with Crippen molar-refractivity contribution >= 4 is 17.2 Å². The second-order valence-corrected chi connectivity index (χ2v) is 7.32.